The zero-order chi connectivity index (χ0) is 16.6. The third kappa shape index (κ3) is 2.77. The van der Waals surface area contributed by atoms with Gasteiger partial charge in [-0.3, -0.25) is 0 Å². The van der Waals surface area contributed by atoms with Crippen LogP contribution in [0.5, 0.6) is 5.75 Å². The van der Waals surface area contributed by atoms with Gasteiger partial charge in [-0.05, 0) is 12.1 Å². The lowest BCUT2D eigenvalue weighted by molar-refractivity contribution is -0.140. The number of hydrogen-bond donors (Lipinski definition) is 0. The Morgan fingerprint density at radius 2 is 1.96 bits per heavy atom. The summed E-state index contributed by atoms with van der Waals surface area (Å²) < 4.78 is 47.4. The maximum absolute atomic E-state index is 13.3. The fraction of sp³-hybridized carbons (Fsp3) is 0.214. The Kier molecular flexibility index (Phi) is 3.55. The minimum absolute atomic E-state index is 0.0601. The molecule has 3 aromatic heterocycles. The van der Waals surface area contributed by atoms with Crippen molar-refractivity contribution in [1.29, 1.82) is 0 Å². The van der Waals surface area contributed by atoms with Crippen molar-refractivity contribution in [3.8, 4) is 22.8 Å². The Labute approximate surface area is 129 Å². The molecule has 0 aliphatic heterocycles. The number of rotatable bonds is 3. The molecule has 9 heteroatoms. The summed E-state index contributed by atoms with van der Waals surface area (Å²) in [5, 5.41) is 3.65. The molecule has 3 heterocycles. The molecule has 0 saturated carbocycles. The van der Waals surface area contributed by atoms with Gasteiger partial charge in [-0.1, -0.05) is 0 Å². The largest absolute Gasteiger partial charge is 0.495 e. The van der Waals surface area contributed by atoms with Crippen molar-refractivity contribution in [2.24, 2.45) is 7.05 Å². The topological polar surface area (TPSA) is 57.8 Å². The maximum Gasteiger partial charge on any atom is 0.435 e. The minimum Gasteiger partial charge on any atom is -0.495 e. The number of imidazole rings is 1. The fourth-order valence-electron chi connectivity index (χ4n) is 2.13. The summed E-state index contributed by atoms with van der Waals surface area (Å²) in [6.45, 7) is 0. The van der Waals surface area contributed by atoms with Crippen molar-refractivity contribution < 1.29 is 17.9 Å². The van der Waals surface area contributed by atoms with E-state index in [9.17, 15) is 13.2 Å². The van der Waals surface area contributed by atoms with E-state index in [1.54, 1.807) is 13.1 Å². The highest BCUT2D eigenvalue weighted by atomic mass is 19.4. The van der Waals surface area contributed by atoms with E-state index in [2.05, 4.69) is 15.1 Å². The molecule has 0 radical (unpaired) electrons. The van der Waals surface area contributed by atoms with E-state index in [0.717, 1.165) is 4.68 Å². The second-order valence-electron chi connectivity index (χ2n) is 4.78. The molecule has 120 valence electrons. The number of ether oxygens (including phenoxy) is 1. The summed E-state index contributed by atoms with van der Waals surface area (Å²) in [4.78, 5) is 7.90. The number of methoxy groups -OCH3 is 1. The molecule has 23 heavy (non-hydrogen) atoms. The molecule has 0 spiro atoms. The number of alkyl halides is 3. The van der Waals surface area contributed by atoms with Crippen molar-refractivity contribution in [3.63, 3.8) is 0 Å². The number of halogens is 3. The molecule has 0 aromatic carbocycles. The molecule has 0 N–H and O–H groups in total. The average molecular weight is 323 g/mol. The number of hydrogen-bond acceptors (Lipinski definition) is 4. The van der Waals surface area contributed by atoms with Crippen LogP contribution in [0.2, 0.25) is 0 Å². The molecule has 0 fully saturated rings. The lowest BCUT2D eigenvalue weighted by Crippen LogP contribution is -2.09. The van der Waals surface area contributed by atoms with Crippen LogP contribution >= 0.6 is 0 Å². The van der Waals surface area contributed by atoms with E-state index in [1.807, 2.05) is 0 Å². The first-order chi connectivity index (χ1) is 10.9. The Morgan fingerprint density at radius 3 is 2.48 bits per heavy atom. The van der Waals surface area contributed by atoms with E-state index in [1.165, 1.54) is 42.7 Å². The predicted molar refractivity (Wildman–Crippen MR) is 75.1 cm³/mol. The predicted octanol–water partition coefficient (Wildman–Crippen LogP) is 2.70. The van der Waals surface area contributed by atoms with Crippen molar-refractivity contribution in [1.82, 2.24) is 24.3 Å². The molecular formula is C14H12F3N5O. The van der Waals surface area contributed by atoms with Crippen molar-refractivity contribution in [3.05, 3.63) is 42.7 Å². The van der Waals surface area contributed by atoms with Gasteiger partial charge >= 0.3 is 6.18 Å². The van der Waals surface area contributed by atoms with Gasteiger partial charge in [-0.15, -0.1) is 0 Å². The second-order valence-corrected chi connectivity index (χ2v) is 4.78. The van der Waals surface area contributed by atoms with Gasteiger partial charge in [0.25, 0.3) is 0 Å². The van der Waals surface area contributed by atoms with Gasteiger partial charge in [0, 0.05) is 13.2 Å². The van der Waals surface area contributed by atoms with Gasteiger partial charge in [-0.25, -0.2) is 14.6 Å². The molecule has 0 aliphatic rings. The summed E-state index contributed by atoms with van der Waals surface area (Å²) >= 11 is 0. The maximum atomic E-state index is 13.3. The smallest absolute Gasteiger partial charge is 0.435 e. The summed E-state index contributed by atoms with van der Waals surface area (Å²) in [6, 6.07) is 3.13. The van der Waals surface area contributed by atoms with Gasteiger partial charge < -0.3 is 9.30 Å². The number of nitrogens with zero attached hydrogens (tertiary/aromatic N) is 5. The van der Waals surface area contributed by atoms with E-state index in [-0.39, 0.29) is 11.4 Å². The summed E-state index contributed by atoms with van der Waals surface area (Å²) in [6.07, 6.45) is 0.899. The molecule has 0 unspecified atom stereocenters. The average Bonchev–Trinajstić information content (AvgIpc) is 3.12. The van der Waals surface area contributed by atoms with Crippen LogP contribution in [0.25, 0.3) is 17.1 Å². The molecule has 0 aliphatic carbocycles. The van der Waals surface area contributed by atoms with Crippen LogP contribution in [0, 0.1) is 0 Å². The van der Waals surface area contributed by atoms with Gasteiger partial charge in [0.2, 0.25) is 0 Å². The Bertz CT molecular complexity index is 820. The molecule has 3 aromatic rings. The zero-order valence-corrected chi connectivity index (χ0v) is 12.2. The third-order valence-corrected chi connectivity index (χ3v) is 3.27. The Morgan fingerprint density at radius 1 is 1.17 bits per heavy atom. The summed E-state index contributed by atoms with van der Waals surface area (Å²) in [5.74, 6) is 0.758. The van der Waals surface area contributed by atoms with Gasteiger partial charge in [0.1, 0.15) is 5.75 Å². The van der Waals surface area contributed by atoms with Crippen LogP contribution in [0.1, 0.15) is 5.69 Å². The first kappa shape index (κ1) is 15.1. The van der Waals surface area contributed by atoms with Crippen LogP contribution < -0.4 is 4.74 Å². The first-order valence-electron chi connectivity index (χ1n) is 6.54. The monoisotopic (exact) mass is 323 g/mol. The Hall–Kier alpha value is -2.84. The van der Waals surface area contributed by atoms with E-state index < -0.39 is 11.9 Å². The highest BCUT2D eigenvalue weighted by molar-refractivity contribution is 5.62. The van der Waals surface area contributed by atoms with E-state index >= 15 is 0 Å². The number of aryl methyl sites for hydroxylation is 1. The number of aromatic nitrogens is 5. The van der Waals surface area contributed by atoms with Crippen LogP contribution in [0.3, 0.4) is 0 Å². The van der Waals surface area contributed by atoms with Crippen LogP contribution in [0.4, 0.5) is 13.2 Å². The molecule has 6 nitrogen and oxygen atoms in total. The Balaban J connectivity index is 2.13. The lowest BCUT2D eigenvalue weighted by Gasteiger charge is -2.06. The van der Waals surface area contributed by atoms with Crippen molar-refractivity contribution in [2.45, 2.75) is 6.18 Å². The number of pyridine rings is 1. The summed E-state index contributed by atoms with van der Waals surface area (Å²) in [7, 11) is 3.10. The van der Waals surface area contributed by atoms with E-state index in [0.29, 0.717) is 11.4 Å². The molecule has 0 amide bonds. The standard InChI is InChI=1S/C14H12F3N5O/c1-21-8-18-6-11(21)10-7-22(20-13(10)14(15,16)17)12-4-3-9(23-2)5-19-12/h3-8H,1-2H3. The first-order valence-corrected chi connectivity index (χ1v) is 6.54. The normalized spacial score (nSPS) is 11.7. The SMILES string of the molecule is COc1ccc(-n2cc(-c3cncn3C)c(C(F)(F)F)n2)nc1. The second kappa shape index (κ2) is 5.41. The molecule has 0 saturated heterocycles. The van der Waals surface area contributed by atoms with Gasteiger partial charge in [0.15, 0.2) is 11.5 Å². The quantitative estimate of drug-likeness (QED) is 0.743. The zero-order valence-electron chi connectivity index (χ0n) is 12.2. The van der Waals surface area contributed by atoms with Gasteiger partial charge in [0.05, 0.1) is 37.1 Å². The van der Waals surface area contributed by atoms with E-state index in [4.69, 9.17) is 4.74 Å². The van der Waals surface area contributed by atoms with Gasteiger partial charge in [-0.2, -0.15) is 18.3 Å². The lowest BCUT2D eigenvalue weighted by atomic mass is 10.2. The molecular weight excluding hydrogens is 311 g/mol. The fourth-order valence-corrected chi connectivity index (χ4v) is 2.13. The third-order valence-electron chi connectivity index (χ3n) is 3.27. The van der Waals surface area contributed by atoms with Crippen LogP contribution in [0.15, 0.2) is 37.1 Å². The molecule has 0 bridgehead atoms. The van der Waals surface area contributed by atoms with Crippen LogP contribution in [-0.2, 0) is 13.2 Å². The van der Waals surface area contributed by atoms with Crippen LogP contribution in [-0.4, -0.2) is 31.4 Å². The minimum atomic E-state index is -4.59. The van der Waals surface area contributed by atoms with Crippen molar-refractivity contribution in [2.75, 3.05) is 7.11 Å². The van der Waals surface area contributed by atoms with Crippen molar-refractivity contribution >= 4 is 0 Å². The molecule has 0 atom stereocenters. The molecule has 3 rings (SSSR count). The summed E-state index contributed by atoms with van der Waals surface area (Å²) in [5.41, 5.74) is -0.731. The highest BCUT2D eigenvalue weighted by Gasteiger charge is 2.38. The highest BCUT2D eigenvalue weighted by Crippen LogP contribution is 2.36.